The van der Waals surface area contributed by atoms with Crippen LogP contribution >= 0.6 is 0 Å². The lowest BCUT2D eigenvalue weighted by Crippen LogP contribution is -2.03. The van der Waals surface area contributed by atoms with Gasteiger partial charge in [-0.25, -0.2) is 0 Å². The minimum atomic E-state index is -0.984. The molecule has 9 aromatic rings. The molecule has 0 amide bonds. The van der Waals surface area contributed by atoms with Crippen molar-refractivity contribution in [3.63, 3.8) is 0 Å². The van der Waals surface area contributed by atoms with Crippen LogP contribution in [0.3, 0.4) is 0 Å². The molecule has 0 spiro atoms. The van der Waals surface area contributed by atoms with Gasteiger partial charge < -0.3 is 64.3 Å². The first-order valence-electron chi connectivity index (χ1n) is 17.8. The molecular weight excluding hydrogens is 796 g/mol. The molecule has 61 heavy (non-hydrogen) atoms. The predicted molar refractivity (Wildman–Crippen MR) is 218 cm³/mol. The van der Waals surface area contributed by atoms with Gasteiger partial charge in [-0.3, -0.25) is 14.4 Å². The van der Waals surface area contributed by atoms with Crippen LogP contribution in [0.4, 0.5) is 0 Å². The smallest absolute Gasteiger partial charge is 0.197 e. The zero-order chi connectivity index (χ0) is 43.2. The van der Waals surface area contributed by atoms with Crippen molar-refractivity contribution < 1.29 is 64.3 Å². The van der Waals surface area contributed by atoms with Crippen molar-refractivity contribution in [3.8, 4) is 114 Å². The maximum atomic E-state index is 14.0. The van der Waals surface area contributed by atoms with E-state index in [1.54, 1.807) is 30.3 Å². The van der Waals surface area contributed by atoms with Gasteiger partial charge in [0.25, 0.3) is 0 Å². The van der Waals surface area contributed by atoms with Gasteiger partial charge in [-0.1, -0.05) is 30.3 Å². The zero-order valence-electron chi connectivity index (χ0n) is 30.7. The van der Waals surface area contributed by atoms with Crippen molar-refractivity contribution in [3.05, 3.63) is 128 Å². The molecule has 3 heterocycles. The van der Waals surface area contributed by atoms with Gasteiger partial charge in [-0.2, -0.15) is 0 Å². The topological polar surface area (TPSA) is 293 Å². The molecule has 9 rings (SSSR count). The third kappa shape index (κ3) is 5.81. The highest BCUT2D eigenvalue weighted by molar-refractivity contribution is 6.03. The second-order valence-electron chi connectivity index (χ2n) is 13.8. The molecule has 0 fully saturated rings. The van der Waals surface area contributed by atoms with Gasteiger partial charge >= 0.3 is 0 Å². The zero-order valence-corrected chi connectivity index (χ0v) is 30.7. The summed E-state index contributed by atoms with van der Waals surface area (Å²) in [5.41, 5.74) is -5.34. The monoisotopic (exact) mass is 822 g/mol. The first kappa shape index (κ1) is 37.5. The Kier molecular flexibility index (Phi) is 8.32. The van der Waals surface area contributed by atoms with E-state index in [2.05, 4.69) is 0 Å². The van der Waals surface area contributed by atoms with E-state index in [4.69, 9.17) is 13.3 Å². The van der Waals surface area contributed by atoms with E-state index in [1.807, 2.05) is 0 Å². The Labute approximate surface area is 338 Å². The predicted octanol–water partition coefficient (Wildman–Crippen LogP) is 7.40. The van der Waals surface area contributed by atoms with Gasteiger partial charge in [0.15, 0.2) is 50.8 Å². The Hall–Kier alpha value is -9.05. The van der Waals surface area contributed by atoms with Gasteiger partial charge in [0, 0.05) is 69.8 Å². The summed E-state index contributed by atoms with van der Waals surface area (Å²) in [5, 5.41) is 108. The fourth-order valence-corrected chi connectivity index (χ4v) is 7.38. The van der Waals surface area contributed by atoms with Crippen molar-refractivity contribution in [1.82, 2.24) is 0 Å². The summed E-state index contributed by atoms with van der Waals surface area (Å²) >= 11 is 0. The van der Waals surface area contributed by atoms with Gasteiger partial charge in [-0.05, 0) is 30.3 Å². The molecule has 10 N–H and O–H groups in total. The Morgan fingerprint density at radius 3 is 1.49 bits per heavy atom. The molecule has 0 aliphatic heterocycles. The Morgan fingerprint density at radius 1 is 0.344 bits per heavy atom. The number of phenolic OH excluding ortho intramolecular Hbond substituents is 10. The van der Waals surface area contributed by atoms with Crippen LogP contribution in [0, 0.1) is 0 Å². The summed E-state index contributed by atoms with van der Waals surface area (Å²) in [6, 6.07) is 19.7. The first-order chi connectivity index (χ1) is 29.1. The molecule has 0 aliphatic rings. The number of hydrogen-bond donors (Lipinski definition) is 10. The highest BCUT2D eigenvalue weighted by atomic mass is 16.4. The number of aromatic hydroxyl groups is 10. The lowest BCUT2D eigenvalue weighted by Gasteiger charge is -2.17. The molecule has 3 aromatic heterocycles. The van der Waals surface area contributed by atoms with Crippen molar-refractivity contribution in [2.24, 2.45) is 0 Å². The fraction of sp³-hybridized carbons (Fsp3) is 0. The molecule has 16 nitrogen and oxygen atoms in total. The summed E-state index contributed by atoms with van der Waals surface area (Å²) in [4.78, 5) is 40.3. The number of fused-ring (bicyclic) bond motifs is 3. The quantitative estimate of drug-likeness (QED) is 0.0756. The number of rotatable bonds is 5. The second kappa shape index (κ2) is 13.5. The molecule has 0 unspecified atom stereocenters. The van der Waals surface area contributed by atoms with Crippen LogP contribution in [-0.2, 0) is 0 Å². The van der Waals surface area contributed by atoms with E-state index < -0.39 is 107 Å². The van der Waals surface area contributed by atoms with Crippen LogP contribution in [0.1, 0.15) is 0 Å². The number of phenols is 10. The molecule has 0 radical (unpaired) electrons. The minimum absolute atomic E-state index is 0.0996. The summed E-state index contributed by atoms with van der Waals surface area (Å²) in [6.07, 6.45) is 0. The molecule has 302 valence electrons. The highest BCUT2D eigenvalue weighted by Gasteiger charge is 2.29. The summed E-state index contributed by atoms with van der Waals surface area (Å²) in [5.74, 6) is -8.58. The molecule has 0 atom stereocenters. The maximum absolute atomic E-state index is 14.0. The number of hydrogen-bond acceptors (Lipinski definition) is 16. The maximum Gasteiger partial charge on any atom is 0.197 e. The van der Waals surface area contributed by atoms with Crippen LogP contribution in [0.25, 0.3) is 89.1 Å². The normalized spacial score (nSPS) is 11.5. The van der Waals surface area contributed by atoms with E-state index in [9.17, 15) is 65.4 Å². The second-order valence-corrected chi connectivity index (χ2v) is 13.8. The molecule has 0 bridgehead atoms. The molecule has 6 aromatic carbocycles. The van der Waals surface area contributed by atoms with E-state index in [1.165, 1.54) is 6.07 Å². The van der Waals surface area contributed by atoms with Crippen LogP contribution in [-0.4, -0.2) is 51.1 Å². The number of benzene rings is 6. The standard InChI is InChI=1S/C45H26O16/c46-18-10-24(49)37-25(50)14-31(60-32(37)11-18)20-7-9-23(48)43(56)36(20)40-28(53)16-34-38(44(40)57)27(52)15-30(61-34)19-6-8-22(47)42(55)35(19)21-12-33-39(45(58)41(21)54)26(51)13-29(59-33)17-4-2-1-3-5-17/h1-16,46-49,53-58H. The van der Waals surface area contributed by atoms with E-state index >= 15 is 0 Å². The van der Waals surface area contributed by atoms with Crippen molar-refractivity contribution in [1.29, 1.82) is 0 Å². The lowest BCUT2D eigenvalue weighted by atomic mass is 9.92. The summed E-state index contributed by atoms with van der Waals surface area (Å²) < 4.78 is 17.7. The molecule has 0 saturated heterocycles. The Bertz CT molecular complexity index is 3550. The van der Waals surface area contributed by atoms with Crippen molar-refractivity contribution in [2.75, 3.05) is 0 Å². The molecule has 0 aliphatic carbocycles. The van der Waals surface area contributed by atoms with Crippen LogP contribution < -0.4 is 16.3 Å². The average molecular weight is 823 g/mol. The van der Waals surface area contributed by atoms with Crippen LogP contribution in [0.15, 0.2) is 125 Å². The largest absolute Gasteiger partial charge is 0.508 e. The third-order valence-corrected chi connectivity index (χ3v) is 10.2. The fourth-order valence-electron chi connectivity index (χ4n) is 7.38. The minimum Gasteiger partial charge on any atom is -0.508 e. The first-order valence-corrected chi connectivity index (χ1v) is 17.8. The summed E-state index contributed by atoms with van der Waals surface area (Å²) in [6.45, 7) is 0. The average Bonchev–Trinajstić information content (AvgIpc) is 3.21. The van der Waals surface area contributed by atoms with E-state index in [0.29, 0.717) is 5.56 Å². The SMILES string of the molecule is O=c1cc(-c2ccc(O)c(O)c2-c2c(O)cc3oc(-c4ccc(O)c(O)c4-c4cc5oc(-c6ccccc6)cc(=O)c5c(O)c4O)cc(=O)c3c2O)oc2cc(O)cc(O)c12. The van der Waals surface area contributed by atoms with E-state index in [0.717, 1.165) is 60.7 Å². The van der Waals surface area contributed by atoms with Gasteiger partial charge in [0.2, 0.25) is 0 Å². The Morgan fingerprint density at radius 2 is 0.852 bits per heavy atom. The molecular formula is C45H26O16. The van der Waals surface area contributed by atoms with E-state index in [-0.39, 0.29) is 50.5 Å². The Balaban J connectivity index is 1.24. The molecule has 0 saturated carbocycles. The summed E-state index contributed by atoms with van der Waals surface area (Å²) in [7, 11) is 0. The molecule has 16 heteroatoms. The van der Waals surface area contributed by atoms with Crippen LogP contribution in [0.5, 0.6) is 57.5 Å². The van der Waals surface area contributed by atoms with Gasteiger partial charge in [-0.15, -0.1) is 0 Å². The lowest BCUT2D eigenvalue weighted by molar-refractivity contribution is 0.401. The van der Waals surface area contributed by atoms with Gasteiger partial charge in [0.1, 0.15) is 73.2 Å². The van der Waals surface area contributed by atoms with Gasteiger partial charge in [0.05, 0.1) is 5.56 Å². The van der Waals surface area contributed by atoms with Crippen molar-refractivity contribution in [2.45, 2.75) is 0 Å². The van der Waals surface area contributed by atoms with Crippen LogP contribution in [0.2, 0.25) is 0 Å². The third-order valence-electron chi connectivity index (χ3n) is 10.2. The van der Waals surface area contributed by atoms with Crippen molar-refractivity contribution >= 4 is 32.9 Å². The highest BCUT2D eigenvalue weighted by Crippen LogP contribution is 2.54.